The highest BCUT2D eigenvalue weighted by atomic mass is 16.5. The van der Waals surface area contributed by atoms with Gasteiger partial charge >= 0.3 is 0 Å². The second kappa shape index (κ2) is 6.52. The van der Waals surface area contributed by atoms with Gasteiger partial charge in [0.1, 0.15) is 5.75 Å². The molecule has 5 heteroatoms. The molecule has 1 aliphatic rings. The Balaban J connectivity index is 2.26. The molecule has 0 saturated carbocycles. The zero-order valence-corrected chi connectivity index (χ0v) is 11.6. The van der Waals surface area contributed by atoms with E-state index in [4.69, 9.17) is 4.74 Å². The second-order valence-corrected chi connectivity index (χ2v) is 4.89. The molecule has 1 saturated heterocycles. The van der Waals surface area contributed by atoms with Crippen molar-refractivity contribution in [3.63, 3.8) is 0 Å². The predicted molar refractivity (Wildman–Crippen MR) is 72.9 cm³/mol. The Hall–Kier alpha value is -1.88. The molecule has 1 aromatic carbocycles. The molecule has 0 radical (unpaired) electrons. The van der Waals surface area contributed by atoms with Gasteiger partial charge in [-0.05, 0) is 30.5 Å². The minimum atomic E-state index is -0.135. The number of methoxy groups -OCH3 is 1. The Morgan fingerprint density at radius 1 is 1.20 bits per heavy atom. The molecule has 0 atom stereocenters. The lowest BCUT2D eigenvalue weighted by Crippen LogP contribution is -2.34. The number of rotatable bonds is 4. The fourth-order valence-electron chi connectivity index (χ4n) is 2.36. The summed E-state index contributed by atoms with van der Waals surface area (Å²) in [5.74, 6) is 0.347. The van der Waals surface area contributed by atoms with Crippen molar-refractivity contribution in [1.82, 2.24) is 4.90 Å². The molecule has 0 bridgehead atoms. The molecule has 0 aliphatic carbocycles. The quantitative estimate of drug-likeness (QED) is 0.849. The van der Waals surface area contributed by atoms with Crippen LogP contribution < -0.4 is 4.74 Å². The molecular formula is C15H19NO4. The Kier molecular flexibility index (Phi) is 4.74. The van der Waals surface area contributed by atoms with Gasteiger partial charge in [-0.15, -0.1) is 0 Å². The van der Waals surface area contributed by atoms with Crippen molar-refractivity contribution < 1.29 is 19.4 Å². The zero-order chi connectivity index (χ0) is 14.5. The van der Waals surface area contributed by atoms with Crippen molar-refractivity contribution in [3.8, 4) is 5.75 Å². The Morgan fingerprint density at radius 2 is 1.85 bits per heavy atom. The first-order valence-electron chi connectivity index (χ1n) is 6.75. The number of nitrogens with zero attached hydrogens (tertiary/aromatic N) is 1. The van der Waals surface area contributed by atoms with Crippen LogP contribution in [0.15, 0.2) is 18.2 Å². The molecule has 5 nitrogen and oxygen atoms in total. The van der Waals surface area contributed by atoms with Crippen LogP contribution in [0.3, 0.4) is 0 Å². The number of benzene rings is 1. The van der Waals surface area contributed by atoms with Crippen molar-refractivity contribution >= 4 is 11.8 Å². The van der Waals surface area contributed by atoms with Crippen molar-refractivity contribution in [2.75, 3.05) is 7.11 Å². The van der Waals surface area contributed by atoms with Crippen molar-refractivity contribution in [2.45, 2.75) is 38.8 Å². The number of carbonyl (C=O) groups is 2. The van der Waals surface area contributed by atoms with Crippen LogP contribution in [0.25, 0.3) is 0 Å². The van der Waals surface area contributed by atoms with Gasteiger partial charge in [-0.1, -0.05) is 6.07 Å². The Morgan fingerprint density at radius 3 is 2.40 bits per heavy atom. The SMILES string of the molecule is COc1ccc(CO)cc1CN1C(=O)CCCCC1=O. The van der Waals surface area contributed by atoms with Gasteiger partial charge in [0.15, 0.2) is 0 Å². The molecule has 2 rings (SSSR count). The highest BCUT2D eigenvalue weighted by molar-refractivity contribution is 5.96. The number of ether oxygens (including phenoxy) is 1. The lowest BCUT2D eigenvalue weighted by molar-refractivity contribution is -0.144. The number of imide groups is 1. The maximum absolute atomic E-state index is 12.0. The van der Waals surface area contributed by atoms with Gasteiger partial charge < -0.3 is 9.84 Å². The maximum atomic E-state index is 12.0. The zero-order valence-electron chi connectivity index (χ0n) is 11.6. The number of hydrogen-bond donors (Lipinski definition) is 1. The van der Waals surface area contributed by atoms with E-state index >= 15 is 0 Å². The van der Waals surface area contributed by atoms with E-state index < -0.39 is 0 Å². The number of aliphatic hydroxyl groups is 1. The average Bonchev–Trinajstić information content (AvgIpc) is 2.62. The predicted octanol–water partition coefficient (Wildman–Crippen LogP) is 1.62. The third-order valence-corrected chi connectivity index (χ3v) is 3.49. The van der Waals surface area contributed by atoms with Crippen LogP contribution in [0, 0.1) is 0 Å². The van der Waals surface area contributed by atoms with Gasteiger partial charge in [-0.25, -0.2) is 0 Å². The monoisotopic (exact) mass is 277 g/mol. The van der Waals surface area contributed by atoms with Crippen LogP contribution >= 0.6 is 0 Å². The van der Waals surface area contributed by atoms with E-state index in [2.05, 4.69) is 0 Å². The first-order chi connectivity index (χ1) is 9.65. The summed E-state index contributed by atoms with van der Waals surface area (Å²) in [6.07, 6.45) is 2.34. The summed E-state index contributed by atoms with van der Waals surface area (Å²) in [5.41, 5.74) is 1.47. The van der Waals surface area contributed by atoms with Crippen LogP contribution in [-0.4, -0.2) is 28.9 Å². The maximum Gasteiger partial charge on any atom is 0.229 e. The number of hydrogen-bond acceptors (Lipinski definition) is 4. The minimum Gasteiger partial charge on any atom is -0.496 e. The molecule has 0 aromatic heterocycles. The van der Waals surface area contributed by atoms with Crippen molar-refractivity contribution in [2.24, 2.45) is 0 Å². The van der Waals surface area contributed by atoms with Gasteiger partial charge in [0.2, 0.25) is 11.8 Å². The summed E-state index contributed by atoms with van der Waals surface area (Å²) in [5, 5.41) is 9.19. The van der Waals surface area contributed by atoms with E-state index in [1.54, 1.807) is 25.3 Å². The lowest BCUT2D eigenvalue weighted by Gasteiger charge is -2.20. The van der Waals surface area contributed by atoms with E-state index in [0.29, 0.717) is 18.6 Å². The molecular weight excluding hydrogens is 258 g/mol. The molecule has 108 valence electrons. The standard InChI is InChI=1S/C15H19NO4/c1-20-13-7-6-11(10-17)8-12(13)9-16-14(18)4-2-3-5-15(16)19/h6-8,17H,2-5,9-10H2,1H3. The smallest absolute Gasteiger partial charge is 0.229 e. The van der Waals surface area contributed by atoms with Crippen LogP contribution in [0.2, 0.25) is 0 Å². The summed E-state index contributed by atoms with van der Waals surface area (Å²) in [7, 11) is 1.55. The van der Waals surface area contributed by atoms with Gasteiger partial charge in [0.05, 0.1) is 20.3 Å². The van der Waals surface area contributed by atoms with E-state index in [-0.39, 0.29) is 25.0 Å². The fourth-order valence-corrected chi connectivity index (χ4v) is 2.36. The van der Waals surface area contributed by atoms with Crippen LogP contribution in [0.1, 0.15) is 36.8 Å². The number of likely N-dealkylation sites (tertiary alicyclic amines) is 1. The first kappa shape index (κ1) is 14.5. The molecule has 2 amide bonds. The van der Waals surface area contributed by atoms with E-state index in [9.17, 15) is 14.7 Å². The topological polar surface area (TPSA) is 66.8 Å². The summed E-state index contributed by atoms with van der Waals surface area (Å²) in [4.78, 5) is 25.3. The van der Waals surface area contributed by atoms with Gasteiger partial charge in [0, 0.05) is 18.4 Å². The van der Waals surface area contributed by atoms with Crippen LogP contribution in [0.4, 0.5) is 0 Å². The Bertz CT molecular complexity index is 495. The van der Waals surface area contributed by atoms with Gasteiger partial charge in [-0.2, -0.15) is 0 Å². The third-order valence-electron chi connectivity index (χ3n) is 3.49. The Labute approximate surface area is 118 Å². The summed E-state index contributed by atoms with van der Waals surface area (Å²) in [6, 6.07) is 5.27. The molecule has 0 unspecified atom stereocenters. The fraction of sp³-hybridized carbons (Fsp3) is 0.467. The second-order valence-electron chi connectivity index (χ2n) is 4.89. The summed E-state index contributed by atoms with van der Waals surface area (Å²) < 4.78 is 5.26. The number of amides is 2. The minimum absolute atomic E-state index is 0.0844. The average molecular weight is 277 g/mol. The lowest BCUT2D eigenvalue weighted by atomic mass is 10.1. The summed E-state index contributed by atoms with van der Waals surface area (Å²) in [6.45, 7) is 0.119. The van der Waals surface area contributed by atoms with Crippen LogP contribution in [-0.2, 0) is 22.7 Å². The number of carbonyl (C=O) groups excluding carboxylic acids is 2. The number of aliphatic hydroxyl groups excluding tert-OH is 1. The highest BCUT2D eigenvalue weighted by Gasteiger charge is 2.25. The van der Waals surface area contributed by atoms with E-state index in [0.717, 1.165) is 24.0 Å². The van der Waals surface area contributed by atoms with Crippen molar-refractivity contribution in [3.05, 3.63) is 29.3 Å². The van der Waals surface area contributed by atoms with Crippen molar-refractivity contribution in [1.29, 1.82) is 0 Å². The molecule has 20 heavy (non-hydrogen) atoms. The van der Waals surface area contributed by atoms with E-state index in [1.807, 2.05) is 0 Å². The van der Waals surface area contributed by atoms with Gasteiger partial charge in [0.25, 0.3) is 0 Å². The largest absolute Gasteiger partial charge is 0.496 e. The van der Waals surface area contributed by atoms with E-state index in [1.165, 1.54) is 4.90 Å². The summed E-state index contributed by atoms with van der Waals surface area (Å²) >= 11 is 0. The van der Waals surface area contributed by atoms with Crippen LogP contribution in [0.5, 0.6) is 5.75 Å². The third kappa shape index (κ3) is 3.17. The molecule has 0 spiro atoms. The highest BCUT2D eigenvalue weighted by Crippen LogP contribution is 2.24. The molecule has 1 aliphatic heterocycles. The molecule has 1 heterocycles. The first-order valence-corrected chi connectivity index (χ1v) is 6.75. The molecule has 1 aromatic rings. The molecule has 1 N–H and O–H groups in total. The van der Waals surface area contributed by atoms with Gasteiger partial charge in [-0.3, -0.25) is 14.5 Å². The molecule has 1 fully saturated rings. The normalized spacial score (nSPS) is 16.2.